The second-order valence-corrected chi connectivity index (χ2v) is 8.12. The van der Waals surface area contributed by atoms with Crippen LogP contribution < -0.4 is 4.72 Å². The number of benzene rings is 1. The van der Waals surface area contributed by atoms with Gasteiger partial charge in [0.15, 0.2) is 0 Å². The quantitative estimate of drug-likeness (QED) is 0.729. The fourth-order valence-electron chi connectivity index (χ4n) is 1.58. The first kappa shape index (κ1) is 17.6. The minimum Gasteiger partial charge on any atom is -0.481 e. The maximum Gasteiger partial charge on any atom is 0.308 e. The highest BCUT2D eigenvalue weighted by molar-refractivity contribution is 9.11. The summed E-state index contributed by atoms with van der Waals surface area (Å²) in [7, 11) is -3.75. The molecule has 0 aliphatic heterocycles. The van der Waals surface area contributed by atoms with Crippen LogP contribution in [0.1, 0.15) is 13.8 Å². The zero-order valence-corrected chi connectivity index (χ0v) is 14.9. The molecule has 1 aromatic rings. The molecule has 0 bridgehead atoms. The Kier molecular flexibility index (Phi) is 6.18. The van der Waals surface area contributed by atoms with Gasteiger partial charge in [0, 0.05) is 15.5 Å². The number of carboxylic acids is 1. The molecule has 2 N–H and O–H groups in total. The third-order valence-electron chi connectivity index (χ3n) is 2.80. The highest BCUT2D eigenvalue weighted by atomic mass is 79.9. The molecule has 1 unspecified atom stereocenters. The molecule has 0 fully saturated rings. The monoisotopic (exact) mass is 427 g/mol. The lowest BCUT2D eigenvalue weighted by Gasteiger charge is -2.17. The van der Waals surface area contributed by atoms with E-state index in [2.05, 4.69) is 36.6 Å². The second kappa shape index (κ2) is 7.02. The maximum atomic E-state index is 12.2. The Hall–Kier alpha value is -0.440. The van der Waals surface area contributed by atoms with Crippen molar-refractivity contribution in [3.8, 4) is 0 Å². The van der Waals surface area contributed by atoms with Crippen LogP contribution in [0.2, 0.25) is 0 Å². The van der Waals surface area contributed by atoms with E-state index in [0.717, 1.165) is 4.47 Å². The normalized spacial score (nSPS) is 13.4. The highest BCUT2D eigenvalue weighted by Crippen LogP contribution is 2.25. The molecule has 0 spiro atoms. The zero-order valence-electron chi connectivity index (χ0n) is 10.9. The SMILES string of the molecule is CC(C)C(CNS(=O)(=O)c1ccc(Br)cc1Br)C(=O)O. The topological polar surface area (TPSA) is 83.5 Å². The third-order valence-corrected chi connectivity index (χ3v) is 5.69. The summed E-state index contributed by atoms with van der Waals surface area (Å²) < 4.78 is 27.8. The number of hydrogen-bond acceptors (Lipinski definition) is 3. The van der Waals surface area contributed by atoms with E-state index < -0.39 is 21.9 Å². The first-order valence-corrected chi connectivity index (χ1v) is 8.89. The molecule has 0 amide bonds. The van der Waals surface area contributed by atoms with Gasteiger partial charge in [-0.1, -0.05) is 29.8 Å². The van der Waals surface area contributed by atoms with Crippen LogP contribution in [0.3, 0.4) is 0 Å². The van der Waals surface area contributed by atoms with Crippen LogP contribution in [0.25, 0.3) is 0 Å². The fourth-order valence-corrected chi connectivity index (χ4v) is 4.38. The summed E-state index contributed by atoms with van der Waals surface area (Å²) in [6.45, 7) is 3.34. The number of carboxylic acid groups (broad SMARTS) is 1. The minimum atomic E-state index is -3.75. The number of aliphatic carboxylic acids is 1. The smallest absolute Gasteiger partial charge is 0.308 e. The van der Waals surface area contributed by atoms with Gasteiger partial charge in [-0.15, -0.1) is 0 Å². The molecule has 0 heterocycles. The number of rotatable bonds is 6. The molecule has 0 aliphatic rings. The summed E-state index contributed by atoms with van der Waals surface area (Å²) >= 11 is 6.42. The van der Waals surface area contributed by atoms with E-state index in [0.29, 0.717) is 4.47 Å². The van der Waals surface area contributed by atoms with Crippen LogP contribution in [0.5, 0.6) is 0 Å². The van der Waals surface area contributed by atoms with Gasteiger partial charge in [-0.2, -0.15) is 0 Å². The van der Waals surface area contributed by atoms with Crippen molar-refractivity contribution in [2.45, 2.75) is 18.7 Å². The lowest BCUT2D eigenvalue weighted by atomic mass is 9.97. The summed E-state index contributed by atoms with van der Waals surface area (Å²) in [6.07, 6.45) is 0. The molecular formula is C12H15Br2NO4S. The van der Waals surface area contributed by atoms with Crippen molar-refractivity contribution in [2.24, 2.45) is 11.8 Å². The summed E-state index contributed by atoms with van der Waals surface area (Å²) in [6, 6.07) is 4.67. The summed E-state index contributed by atoms with van der Waals surface area (Å²) in [5.41, 5.74) is 0. The van der Waals surface area contributed by atoms with E-state index in [4.69, 9.17) is 5.11 Å². The van der Waals surface area contributed by atoms with Crippen molar-refractivity contribution in [1.82, 2.24) is 4.72 Å². The van der Waals surface area contributed by atoms with Gasteiger partial charge in [-0.05, 0) is 40.0 Å². The number of nitrogens with one attached hydrogen (secondary N) is 1. The molecule has 0 saturated carbocycles. The molecule has 5 nitrogen and oxygen atoms in total. The lowest BCUT2D eigenvalue weighted by molar-refractivity contribution is -0.142. The van der Waals surface area contributed by atoms with Gasteiger partial charge in [0.05, 0.1) is 10.8 Å². The van der Waals surface area contributed by atoms with Crippen molar-refractivity contribution >= 4 is 47.9 Å². The first-order valence-electron chi connectivity index (χ1n) is 5.82. The molecule has 1 aromatic carbocycles. The van der Waals surface area contributed by atoms with Crippen LogP contribution in [0.4, 0.5) is 0 Å². The van der Waals surface area contributed by atoms with Crippen LogP contribution in [-0.4, -0.2) is 26.0 Å². The van der Waals surface area contributed by atoms with E-state index in [1.165, 1.54) is 6.07 Å². The number of sulfonamides is 1. The average molecular weight is 429 g/mol. The molecular weight excluding hydrogens is 414 g/mol. The predicted molar refractivity (Wildman–Crippen MR) is 83.0 cm³/mol. The van der Waals surface area contributed by atoms with Gasteiger partial charge in [-0.25, -0.2) is 13.1 Å². The van der Waals surface area contributed by atoms with Crippen LogP contribution in [-0.2, 0) is 14.8 Å². The molecule has 1 rings (SSSR count). The average Bonchev–Trinajstić information content (AvgIpc) is 2.26. The largest absolute Gasteiger partial charge is 0.481 e. The van der Waals surface area contributed by atoms with Crippen molar-refractivity contribution in [3.05, 3.63) is 27.1 Å². The number of halogens is 2. The van der Waals surface area contributed by atoms with E-state index in [9.17, 15) is 13.2 Å². The minimum absolute atomic E-state index is 0.0774. The van der Waals surface area contributed by atoms with Crippen LogP contribution >= 0.6 is 31.9 Å². The number of hydrogen-bond donors (Lipinski definition) is 2. The Balaban J connectivity index is 2.93. The molecule has 0 radical (unpaired) electrons. The van der Waals surface area contributed by atoms with Gasteiger partial charge < -0.3 is 5.11 Å². The molecule has 112 valence electrons. The zero-order chi connectivity index (χ0) is 15.5. The Morgan fingerprint density at radius 1 is 1.35 bits per heavy atom. The molecule has 8 heteroatoms. The van der Waals surface area contributed by atoms with Crippen molar-refractivity contribution in [2.75, 3.05) is 6.54 Å². The van der Waals surface area contributed by atoms with Gasteiger partial charge in [-0.3, -0.25) is 4.79 Å². The number of carbonyl (C=O) groups is 1. The van der Waals surface area contributed by atoms with Gasteiger partial charge in [0.2, 0.25) is 10.0 Å². The third kappa shape index (κ3) is 4.54. The maximum absolute atomic E-state index is 12.2. The fraction of sp³-hybridized carbons (Fsp3) is 0.417. The van der Waals surface area contributed by atoms with Gasteiger partial charge >= 0.3 is 5.97 Å². The molecule has 1 atom stereocenters. The molecule has 0 aromatic heterocycles. The summed E-state index contributed by atoms with van der Waals surface area (Å²) in [5.74, 6) is -1.94. The van der Waals surface area contributed by atoms with E-state index in [1.807, 2.05) is 0 Å². The summed E-state index contributed by atoms with van der Waals surface area (Å²) in [5, 5.41) is 9.05. The highest BCUT2D eigenvalue weighted by Gasteiger charge is 2.25. The Morgan fingerprint density at radius 3 is 2.40 bits per heavy atom. The van der Waals surface area contributed by atoms with Gasteiger partial charge in [0.25, 0.3) is 0 Å². The Labute approximate surface area is 135 Å². The molecule has 20 heavy (non-hydrogen) atoms. The molecule has 0 saturated heterocycles. The lowest BCUT2D eigenvalue weighted by Crippen LogP contribution is -2.35. The molecule has 0 aliphatic carbocycles. The van der Waals surface area contributed by atoms with Gasteiger partial charge in [0.1, 0.15) is 0 Å². The predicted octanol–water partition coefficient (Wildman–Crippen LogP) is 2.85. The van der Waals surface area contributed by atoms with E-state index in [-0.39, 0.29) is 17.4 Å². The van der Waals surface area contributed by atoms with Crippen molar-refractivity contribution in [1.29, 1.82) is 0 Å². The van der Waals surface area contributed by atoms with Crippen molar-refractivity contribution in [3.63, 3.8) is 0 Å². The standard InChI is InChI=1S/C12H15Br2NO4S/c1-7(2)9(12(16)17)6-15-20(18,19)11-4-3-8(13)5-10(11)14/h3-5,7,9,15H,6H2,1-2H3,(H,16,17). The summed E-state index contributed by atoms with van der Waals surface area (Å²) in [4.78, 5) is 11.1. The van der Waals surface area contributed by atoms with Crippen molar-refractivity contribution < 1.29 is 18.3 Å². The first-order chi connectivity index (χ1) is 9.15. The Morgan fingerprint density at radius 2 is 1.95 bits per heavy atom. The Bertz CT molecular complexity index is 601. The van der Waals surface area contributed by atoms with Crippen LogP contribution in [0.15, 0.2) is 32.0 Å². The van der Waals surface area contributed by atoms with Crippen LogP contribution in [0, 0.1) is 11.8 Å². The van der Waals surface area contributed by atoms with E-state index in [1.54, 1.807) is 26.0 Å². The van der Waals surface area contributed by atoms with E-state index >= 15 is 0 Å². The second-order valence-electron chi connectivity index (χ2n) is 4.62.